The van der Waals surface area contributed by atoms with E-state index in [-0.39, 0.29) is 24.2 Å². The first-order valence-electron chi connectivity index (χ1n) is 6.97. The zero-order chi connectivity index (χ0) is 13.3. The van der Waals surface area contributed by atoms with Gasteiger partial charge in [0.1, 0.15) is 0 Å². The summed E-state index contributed by atoms with van der Waals surface area (Å²) in [5.74, 6) is 2.15. The van der Waals surface area contributed by atoms with Gasteiger partial charge in [-0.3, -0.25) is 14.3 Å². The molecule has 0 aromatic heterocycles. The fourth-order valence-corrected chi connectivity index (χ4v) is 4.22. The van der Waals surface area contributed by atoms with E-state index in [1.165, 1.54) is 0 Å². The first kappa shape index (κ1) is 14.0. The first-order valence-corrected chi connectivity index (χ1v) is 8.46. The van der Waals surface area contributed by atoms with E-state index in [1.54, 1.807) is 0 Å². The summed E-state index contributed by atoms with van der Waals surface area (Å²) in [6.45, 7) is 6.35. The number of carbonyl (C=O) groups is 1. The molecule has 2 atom stereocenters. The van der Waals surface area contributed by atoms with Gasteiger partial charge in [-0.2, -0.15) is 0 Å². The van der Waals surface area contributed by atoms with Crippen molar-refractivity contribution in [1.29, 1.82) is 0 Å². The molecule has 0 bridgehead atoms. The fraction of sp³-hybridized carbons (Fsp3) is 0.923. The number of hydrogen-bond acceptors (Lipinski definition) is 3. The molecule has 0 spiro atoms. The van der Waals surface area contributed by atoms with E-state index in [2.05, 4.69) is 24.1 Å². The van der Waals surface area contributed by atoms with Gasteiger partial charge in [0.15, 0.2) is 0 Å². The van der Waals surface area contributed by atoms with Crippen LogP contribution in [-0.2, 0) is 15.6 Å². The van der Waals surface area contributed by atoms with E-state index in [1.807, 2.05) is 6.92 Å². The predicted molar refractivity (Wildman–Crippen MR) is 73.6 cm³/mol. The standard InChI is InChI=1S/C13H24N2O2S/c1-4-11-13(16)15(12(14-11)9(2)3)10-5-7-18(17)8-6-10/h9-12,14H,4-8H2,1-3H3. The predicted octanol–water partition coefficient (Wildman–Crippen LogP) is 1.09. The zero-order valence-electron chi connectivity index (χ0n) is 11.5. The van der Waals surface area contributed by atoms with Crippen molar-refractivity contribution in [3.8, 4) is 0 Å². The third-order valence-corrected chi connectivity index (χ3v) is 5.40. The molecule has 2 rings (SSSR count). The molecule has 2 unspecified atom stereocenters. The van der Waals surface area contributed by atoms with Crippen molar-refractivity contribution in [2.75, 3.05) is 11.5 Å². The second kappa shape index (κ2) is 5.70. The van der Waals surface area contributed by atoms with Crippen LogP contribution in [0.15, 0.2) is 0 Å². The van der Waals surface area contributed by atoms with Crippen LogP contribution in [0.4, 0.5) is 0 Å². The van der Waals surface area contributed by atoms with E-state index in [9.17, 15) is 9.00 Å². The minimum atomic E-state index is -0.663. The second-order valence-corrected chi connectivity index (χ2v) is 7.34. The lowest BCUT2D eigenvalue weighted by atomic mass is 10.1. The molecule has 2 aliphatic heterocycles. The fourth-order valence-electron chi connectivity index (χ4n) is 2.95. The molecule has 0 aromatic rings. The van der Waals surface area contributed by atoms with Crippen molar-refractivity contribution < 1.29 is 9.00 Å². The lowest BCUT2D eigenvalue weighted by Gasteiger charge is -2.36. The first-order chi connectivity index (χ1) is 8.54. The summed E-state index contributed by atoms with van der Waals surface area (Å²) in [4.78, 5) is 14.5. The minimum Gasteiger partial charge on any atom is -0.322 e. The lowest BCUT2D eigenvalue weighted by Crippen LogP contribution is -2.49. The summed E-state index contributed by atoms with van der Waals surface area (Å²) in [5, 5.41) is 3.45. The Balaban J connectivity index is 2.12. The number of hydrogen-bond donors (Lipinski definition) is 1. The zero-order valence-corrected chi connectivity index (χ0v) is 12.3. The summed E-state index contributed by atoms with van der Waals surface area (Å²) in [6.07, 6.45) is 2.77. The summed E-state index contributed by atoms with van der Waals surface area (Å²) in [7, 11) is -0.663. The average Bonchev–Trinajstić information content (AvgIpc) is 2.68. The maximum Gasteiger partial charge on any atom is 0.241 e. The summed E-state index contributed by atoms with van der Waals surface area (Å²) >= 11 is 0. The van der Waals surface area contributed by atoms with Gasteiger partial charge >= 0.3 is 0 Å². The third-order valence-electron chi connectivity index (χ3n) is 4.01. The third kappa shape index (κ3) is 2.62. The topological polar surface area (TPSA) is 49.4 Å². The lowest BCUT2D eigenvalue weighted by molar-refractivity contribution is -0.133. The Morgan fingerprint density at radius 2 is 2.00 bits per heavy atom. The number of carbonyl (C=O) groups excluding carboxylic acids is 1. The van der Waals surface area contributed by atoms with Crippen molar-refractivity contribution >= 4 is 16.7 Å². The molecule has 104 valence electrons. The van der Waals surface area contributed by atoms with Crippen molar-refractivity contribution in [2.24, 2.45) is 5.92 Å². The quantitative estimate of drug-likeness (QED) is 0.837. The van der Waals surface area contributed by atoms with Crippen LogP contribution in [0.1, 0.15) is 40.0 Å². The molecule has 4 nitrogen and oxygen atoms in total. The van der Waals surface area contributed by atoms with Crippen LogP contribution < -0.4 is 5.32 Å². The highest BCUT2D eigenvalue weighted by atomic mass is 32.2. The van der Waals surface area contributed by atoms with Gasteiger partial charge in [0.2, 0.25) is 5.91 Å². The van der Waals surface area contributed by atoms with Crippen molar-refractivity contribution in [3.63, 3.8) is 0 Å². The molecule has 1 N–H and O–H groups in total. The van der Waals surface area contributed by atoms with Gasteiger partial charge < -0.3 is 4.90 Å². The van der Waals surface area contributed by atoms with Crippen molar-refractivity contribution in [3.05, 3.63) is 0 Å². The van der Waals surface area contributed by atoms with Crippen LogP contribution >= 0.6 is 0 Å². The summed E-state index contributed by atoms with van der Waals surface area (Å²) in [6, 6.07) is 0.261. The molecular weight excluding hydrogens is 248 g/mol. The number of nitrogens with one attached hydrogen (secondary N) is 1. The molecule has 2 fully saturated rings. The maximum atomic E-state index is 12.4. The molecule has 0 radical (unpaired) electrons. The van der Waals surface area contributed by atoms with Crippen LogP contribution in [0.5, 0.6) is 0 Å². The monoisotopic (exact) mass is 272 g/mol. The van der Waals surface area contributed by atoms with E-state index in [4.69, 9.17) is 0 Å². The van der Waals surface area contributed by atoms with Gasteiger partial charge in [0.25, 0.3) is 0 Å². The van der Waals surface area contributed by atoms with Crippen LogP contribution in [0, 0.1) is 5.92 Å². The molecule has 5 heteroatoms. The van der Waals surface area contributed by atoms with Gasteiger partial charge in [0, 0.05) is 28.3 Å². The van der Waals surface area contributed by atoms with E-state index >= 15 is 0 Å². The van der Waals surface area contributed by atoms with Crippen molar-refractivity contribution in [1.82, 2.24) is 10.2 Å². The Morgan fingerprint density at radius 3 is 2.50 bits per heavy atom. The second-order valence-electron chi connectivity index (χ2n) is 5.64. The smallest absolute Gasteiger partial charge is 0.241 e. The van der Waals surface area contributed by atoms with E-state index < -0.39 is 10.8 Å². The Bertz CT molecular complexity index is 336. The van der Waals surface area contributed by atoms with Crippen LogP contribution in [-0.4, -0.2) is 44.8 Å². The van der Waals surface area contributed by atoms with Gasteiger partial charge in [-0.1, -0.05) is 20.8 Å². The molecule has 18 heavy (non-hydrogen) atoms. The molecule has 2 aliphatic rings. The molecule has 0 aliphatic carbocycles. The highest BCUT2D eigenvalue weighted by Crippen LogP contribution is 2.26. The minimum absolute atomic E-state index is 0.0233. The normalized spacial score (nSPS) is 37.6. The molecule has 2 heterocycles. The van der Waals surface area contributed by atoms with E-state index in [0.717, 1.165) is 30.8 Å². The Kier molecular flexibility index (Phi) is 4.43. The Labute approximate surface area is 112 Å². The Morgan fingerprint density at radius 1 is 1.39 bits per heavy atom. The van der Waals surface area contributed by atoms with Crippen LogP contribution in [0.3, 0.4) is 0 Å². The van der Waals surface area contributed by atoms with Gasteiger partial charge in [-0.15, -0.1) is 0 Å². The van der Waals surface area contributed by atoms with E-state index in [0.29, 0.717) is 5.92 Å². The molecule has 0 aromatic carbocycles. The molecule has 0 saturated carbocycles. The molecule has 1 amide bonds. The summed E-state index contributed by atoms with van der Waals surface area (Å²) < 4.78 is 11.4. The summed E-state index contributed by atoms with van der Waals surface area (Å²) in [5.41, 5.74) is 0. The largest absolute Gasteiger partial charge is 0.322 e. The van der Waals surface area contributed by atoms with Crippen LogP contribution in [0.2, 0.25) is 0 Å². The van der Waals surface area contributed by atoms with Gasteiger partial charge in [-0.25, -0.2) is 0 Å². The number of amides is 1. The highest BCUT2D eigenvalue weighted by Gasteiger charge is 2.43. The maximum absolute atomic E-state index is 12.4. The SMILES string of the molecule is CCC1NC(C(C)C)N(C2CCS(=O)CC2)C1=O. The number of rotatable bonds is 3. The van der Waals surface area contributed by atoms with Gasteiger partial charge in [-0.05, 0) is 25.2 Å². The molecule has 2 saturated heterocycles. The van der Waals surface area contributed by atoms with Gasteiger partial charge in [0.05, 0.1) is 12.2 Å². The number of nitrogens with zero attached hydrogens (tertiary/aromatic N) is 1. The van der Waals surface area contributed by atoms with Crippen molar-refractivity contribution in [2.45, 2.75) is 58.3 Å². The average molecular weight is 272 g/mol. The Hall–Kier alpha value is -0.420. The molecular formula is C13H24N2O2S. The van der Waals surface area contributed by atoms with Crippen LogP contribution in [0.25, 0.3) is 0 Å². The highest BCUT2D eigenvalue weighted by molar-refractivity contribution is 7.85.